The highest BCUT2D eigenvalue weighted by molar-refractivity contribution is 7.92. The van der Waals surface area contributed by atoms with Crippen LogP contribution in [0, 0.1) is 19.8 Å². The van der Waals surface area contributed by atoms with Crippen molar-refractivity contribution in [3.05, 3.63) is 75.9 Å². The summed E-state index contributed by atoms with van der Waals surface area (Å²) in [6.45, 7) is 7.05. The van der Waals surface area contributed by atoms with E-state index in [1.165, 1.54) is 0 Å². The molecule has 0 aliphatic carbocycles. The molecule has 178 valence electrons. The molecule has 6 heteroatoms. The first-order valence-electron chi connectivity index (χ1n) is 11.3. The van der Waals surface area contributed by atoms with Gasteiger partial charge in [-0.3, -0.25) is 0 Å². The lowest BCUT2D eigenvalue weighted by Crippen LogP contribution is -2.29. The predicted molar refractivity (Wildman–Crippen MR) is 134 cm³/mol. The number of allylic oxidation sites excluding steroid dienone is 1. The number of hydrogen-bond donors (Lipinski definition) is 3. The van der Waals surface area contributed by atoms with E-state index in [1.54, 1.807) is 0 Å². The van der Waals surface area contributed by atoms with E-state index in [2.05, 4.69) is 0 Å². The fraction of sp³-hybridized carbons (Fsp3) is 0.407. The van der Waals surface area contributed by atoms with E-state index in [-0.39, 0.29) is 17.4 Å². The van der Waals surface area contributed by atoms with Crippen LogP contribution in [0.5, 0.6) is 5.75 Å². The summed E-state index contributed by atoms with van der Waals surface area (Å²) in [5, 5.41) is 30.0. The molecule has 1 aliphatic heterocycles. The minimum absolute atomic E-state index is 0.0203. The molecule has 0 saturated heterocycles. The molecular formula is C27H34O5S. The Labute approximate surface area is 197 Å². The maximum absolute atomic E-state index is 12.6. The van der Waals surface area contributed by atoms with E-state index in [0.717, 1.165) is 33.4 Å². The molecule has 33 heavy (non-hydrogen) atoms. The maximum atomic E-state index is 12.6. The molecule has 2 aromatic rings. The largest absolute Gasteiger partial charge is 0.507 e. The van der Waals surface area contributed by atoms with Crippen molar-refractivity contribution in [3.63, 3.8) is 0 Å². The lowest BCUT2D eigenvalue weighted by atomic mass is 9.89. The summed E-state index contributed by atoms with van der Waals surface area (Å²) < 4.78 is 25.1. The molecule has 0 unspecified atom stereocenters. The van der Waals surface area contributed by atoms with Crippen molar-refractivity contribution in [1.29, 1.82) is 0 Å². The fourth-order valence-corrected chi connectivity index (χ4v) is 6.67. The molecule has 0 bridgehead atoms. The number of phenolic OH excluding ortho intramolecular Hbond substituents is 1. The second-order valence-corrected chi connectivity index (χ2v) is 11.4. The fourth-order valence-electron chi connectivity index (χ4n) is 4.62. The summed E-state index contributed by atoms with van der Waals surface area (Å²) in [5.74, 6) is 0.165. The van der Waals surface area contributed by atoms with Crippen LogP contribution in [0.1, 0.15) is 48.9 Å². The van der Waals surface area contributed by atoms with E-state index < -0.39 is 27.8 Å². The lowest BCUT2D eigenvalue weighted by molar-refractivity contribution is 0.189. The van der Waals surface area contributed by atoms with Crippen LogP contribution in [0.3, 0.4) is 0 Å². The first-order valence-corrected chi connectivity index (χ1v) is 13.1. The Kier molecular flexibility index (Phi) is 7.83. The molecule has 3 N–H and O–H groups in total. The van der Waals surface area contributed by atoms with Gasteiger partial charge in [-0.1, -0.05) is 50.3 Å². The zero-order valence-corrected chi connectivity index (χ0v) is 20.6. The second kappa shape index (κ2) is 10.2. The Hall–Kier alpha value is -2.41. The number of sulfone groups is 1. The quantitative estimate of drug-likeness (QED) is 0.392. The first kappa shape index (κ1) is 25.2. The van der Waals surface area contributed by atoms with Crippen LogP contribution in [-0.4, -0.2) is 47.5 Å². The van der Waals surface area contributed by atoms with Gasteiger partial charge in [-0.2, -0.15) is 0 Å². The van der Waals surface area contributed by atoms with Gasteiger partial charge in [-0.05, 0) is 83.7 Å². The van der Waals surface area contributed by atoms with Gasteiger partial charge in [0, 0.05) is 0 Å². The molecule has 0 aromatic heterocycles. The summed E-state index contributed by atoms with van der Waals surface area (Å²) in [4.78, 5) is 0. The zero-order valence-electron chi connectivity index (χ0n) is 19.7. The molecule has 1 aliphatic rings. The lowest BCUT2D eigenvalue weighted by Gasteiger charge is -2.21. The van der Waals surface area contributed by atoms with Crippen LogP contribution in [0.15, 0.2) is 53.6 Å². The van der Waals surface area contributed by atoms with Gasteiger partial charge < -0.3 is 15.3 Å². The molecule has 0 fully saturated rings. The van der Waals surface area contributed by atoms with Crippen molar-refractivity contribution in [1.82, 2.24) is 0 Å². The molecule has 0 saturated carbocycles. The molecule has 0 amide bonds. The molecule has 2 atom stereocenters. The smallest absolute Gasteiger partial charge is 0.163 e. The Bertz CT molecular complexity index is 1140. The summed E-state index contributed by atoms with van der Waals surface area (Å²) in [7, 11) is -3.50. The number of aliphatic hydroxyl groups is 2. The third-order valence-electron chi connectivity index (χ3n) is 6.42. The van der Waals surface area contributed by atoms with Gasteiger partial charge in [0.15, 0.2) is 9.84 Å². The monoisotopic (exact) mass is 470 g/mol. The van der Waals surface area contributed by atoms with Crippen LogP contribution in [0.2, 0.25) is 0 Å². The molecule has 2 aromatic carbocycles. The minimum Gasteiger partial charge on any atom is -0.507 e. The number of rotatable bonds is 8. The van der Waals surface area contributed by atoms with Gasteiger partial charge >= 0.3 is 0 Å². The third-order valence-corrected chi connectivity index (χ3v) is 8.40. The van der Waals surface area contributed by atoms with Crippen LogP contribution < -0.4 is 0 Å². The zero-order chi connectivity index (χ0) is 24.3. The van der Waals surface area contributed by atoms with Crippen LogP contribution in [-0.2, 0) is 9.84 Å². The van der Waals surface area contributed by atoms with Gasteiger partial charge in [0.2, 0.25) is 0 Å². The van der Waals surface area contributed by atoms with Crippen molar-refractivity contribution in [3.8, 4) is 5.75 Å². The van der Waals surface area contributed by atoms with Gasteiger partial charge in [-0.25, -0.2) is 8.42 Å². The summed E-state index contributed by atoms with van der Waals surface area (Å²) in [6, 6.07) is 13.7. The van der Waals surface area contributed by atoms with Crippen LogP contribution in [0.25, 0.3) is 11.6 Å². The molecular weight excluding hydrogens is 436 g/mol. The Balaban J connectivity index is 1.94. The first-order chi connectivity index (χ1) is 15.5. The van der Waals surface area contributed by atoms with Crippen molar-refractivity contribution >= 4 is 21.5 Å². The molecule has 3 rings (SSSR count). The van der Waals surface area contributed by atoms with Gasteiger partial charge in [0.25, 0.3) is 0 Å². The number of aliphatic hydroxyl groups excluding tert-OH is 2. The highest BCUT2D eigenvalue weighted by Crippen LogP contribution is 2.36. The molecule has 0 spiro atoms. The van der Waals surface area contributed by atoms with Crippen LogP contribution in [0.4, 0.5) is 0 Å². The van der Waals surface area contributed by atoms with E-state index in [0.29, 0.717) is 18.4 Å². The number of aryl methyl sites for hydroxylation is 2. The van der Waals surface area contributed by atoms with Gasteiger partial charge in [-0.15, -0.1) is 0 Å². The number of hydrogen-bond acceptors (Lipinski definition) is 5. The second-order valence-electron chi connectivity index (χ2n) is 9.21. The summed E-state index contributed by atoms with van der Waals surface area (Å²) in [6.07, 6.45) is 1.96. The van der Waals surface area contributed by atoms with Crippen molar-refractivity contribution in [2.24, 2.45) is 5.92 Å². The SMILES string of the molecule is Cc1cc(/C=C(/CC[C@@H](O)C2=C(C(C)C)CS(=O)(=O)[C@H]2CO)c2ccccc2)cc(C)c1O. The normalized spacial score (nSPS) is 19.4. The minimum atomic E-state index is -3.50. The predicted octanol–water partition coefficient (Wildman–Crippen LogP) is 4.43. The van der Waals surface area contributed by atoms with Crippen molar-refractivity contribution in [2.45, 2.75) is 51.9 Å². The van der Waals surface area contributed by atoms with Crippen molar-refractivity contribution < 1.29 is 23.7 Å². The van der Waals surface area contributed by atoms with Gasteiger partial charge in [0.1, 0.15) is 11.0 Å². The Morgan fingerprint density at radius 3 is 2.27 bits per heavy atom. The molecule has 5 nitrogen and oxygen atoms in total. The number of benzene rings is 2. The maximum Gasteiger partial charge on any atom is 0.163 e. The van der Waals surface area contributed by atoms with Crippen molar-refractivity contribution in [2.75, 3.05) is 12.4 Å². The highest BCUT2D eigenvalue weighted by atomic mass is 32.2. The summed E-state index contributed by atoms with van der Waals surface area (Å²) >= 11 is 0. The average Bonchev–Trinajstić information content (AvgIpc) is 3.05. The average molecular weight is 471 g/mol. The standard InChI is InChI=1S/C27H34O5S/c1-17(2)23-16-33(31,32)25(15-28)26(23)24(29)11-10-22(21-8-6-5-7-9-21)14-20-12-18(3)27(30)19(4)13-20/h5-9,12-14,17,24-25,28-30H,10-11,15-16H2,1-4H3/b22-14-/t24-,25+/m1/s1. The Morgan fingerprint density at radius 1 is 1.12 bits per heavy atom. The number of aromatic hydroxyl groups is 1. The Morgan fingerprint density at radius 2 is 1.73 bits per heavy atom. The molecule has 1 heterocycles. The summed E-state index contributed by atoms with van der Waals surface area (Å²) in [5.41, 5.74) is 5.75. The van der Waals surface area contributed by atoms with E-state index in [9.17, 15) is 23.7 Å². The van der Waals surface area contributed by atoms with E-state index in [1.807, 2.05) is 76.2 Å². The molecule has 0 radical (unpaired) electrons. The highest BCUT2D eigenvalue weighted by Gasteiger charge is 2.41. The number of phenols is 1. The topological polar surface area (TPSA) is 94.8 Å². The van der Waals surface area contributed by atoms with Gasteiger partial charge in [0.05, 0.1) is 18.5 Å². The van der Waals surface area contributed by atoms with E-state index in [4.69, 9.17) is 0 Å². The van der Waals surface area contributed by atoms with E-state index >= 15 is 0 Å². The third kappa shape index (κ3) is 5.57. The van der Waals surface area contributed by atoms with Crippen LogP contribution >= 0.6 is 0 Å².